The van der Waals surface area contributed by atoms with Gasteiger partial charge in [-0.25, -0.2) is 0 Å². The summed E-state index contributed by atoms with van der Waals surface area (Å²) in [6.45, 7) is 4.92. The van der Waals surface area contributed by atoms with Crippen LogP contribution in [0.3, 0.4) is 0 Å². The van der Waals surface area contributed by atoms with Gasteiger partial charge in [0.05, 0.1) is 6.10 Å². The molecule has 1 aromatic heterocycles. The van der Waals surface area contributed by atoms with E-state index in [0.717, 1.165) is 0 Å². The van der Waals surface area contributed by atoms with Crippen LogP contribution in [0.15, 0.2) is 40.9 Å². The summed E-state index contributed by atoms with van der Waals surface area (Å²) in [5.74, 6) is -2.11. The minimum atomic E-state index is -1.24. The number of hydrogen-bond donors (Lipinski definition) is 0. The Morgan fingerprint density at radius 3 is 2.09 bits per heavy atom. The van der Waals surface area contributed by atoms with Gasteiger partial charge in [0.25, 0.3) is 0 Å². The number of ether oxygens (including phenoxy) is 5. The molecule has 1 saturated heterocycles. The zero-order chi connectivity index (χ0) is 24.8. The highest BCUT2D eigenvalue weighted by Crippen LogP contribution is 2.30. The van der Waals surface area contributed by atoms with E-state index in [2.05, 4.69) is 5.16 Å². The third kappa shape index (κ3) is 6.27. The number of carbonyl (C=O) groups excluding carboxylic acids is 4. The number of hydrogen-bond acceptors (Lipinski definition) is 11. The molecular formula is C23H25NO10. The maximum atomic E-state index is 12.5. The summed E-state index contributed by atoms with van der Waals surface area (Å²) in [6, 6.07) is 9.99. The fourth-order valence-electron chi connectivity index (χ4n) is 3.49. The Hall–Kier alpha value is -3.57. The molecule has 1 aromatic carbocycles. The summed E-state index contributed by atoms with van der Waals surface area (Å²) >= 11 is 0. The highest BCUT2D eigenvalue weighted by Gasteiger charge is 2.51. The molecule has 0 bridgehead atoms. The highest BCUT2D eigenvalue weighted by molar-refractivity contribution is 6.07. The van der Waals surface area contributed by atoms with Crippen LogP contribution in [-0.4, -0.2) is 59.6 Å². The lowest BCUT2D eigenvalue weighted by Crippen LogP contribution is -2.61. The number of carbonyl (C=O) groups is 4. The van der Waals surface area contributed by atoms with Crippen LogP contribution in [-0.2, 0) is 44.7 Å². The summed E-state index contributed by atoms with van der Waals surface area (Å²) in [5.41, 5.74) is 0.537. The maximum Gasteiger partial charge on any atom is 0.303 e. The van der Waals surface area contributed by atoms with Crippen molar-refractivity contribution in [2.75, 3.05) is 0 Å². The van der Waals surface area contributed by atoms with E-state index in [1.165, 1.54) is 26.8 Å². The monoisotopic (exact) mass is 475 g/mol. The van der Waals surface area contributed by atoms with Crippen molar-refractivity contribution in [3.63, 3.8) is 0 Å². The molecule has 0 radical (unpaired) electrons. The molecule has 34 heavy (non-hydrogen) atoms. The number of rotatable bonds is 8. The van der Waals surface area contributed by atoms with Crippen LogP contribution in [0.5, 0.6) is 0 Å². The number of ketones is 1. The summed E-state index contributed by atoms with van der Waals surface area (Å²) in [7, 11) is 0. The molecule has 1 fully saturated rings. The summed E-state index contributed by atoms with van der Waals surface area (Å²) in [5, 5.41) is 3.78. The SMILES string of the molecule is CC(=O)O[C@H]1[C@H](OC(C)=O)[C@H](OCc2cc(C(=O)c3ccccc3)no2)O[C@@H](C)[C@H]1OC(C)=O. The largest absolute Gasteiger partial charge is 0.456 e. The Labute approximate surface area is 195 Å². The van der Waals surface area contributed by atoms with E-state index in [9.17, 15) is 19.2 Å². The van der Waals surface area contributed by atoms with Crippen LogP contribution in [0.4, 0.5) is 0 Å². The van der Waals surface area contributed by atoms with Gasteiger partial charge in [-0.15, -0.1) is 0 Å². The third-order valence-corrected chi connectivity index (χ3v) is 4.85. The number of nitrogens with zero attached hydrogens (tertiary/aromatic N) is 1. The number of benzene rings is 1. The molecule has 0 unspecified atom stereocenters. The van der Waals surface area contributed by atoms with Gasteiger partial charge in [0.2, 0.25) is 5.78 Å². The van der Waals surface area contributed by atoms with Crippen molar-refractivity contribution in [2.24, 2.45) is 0 Å². The second-order valence-corrected chi connectivity index (χ2v) is 7.62. The van der Waals surface area contributed by atoms with E-state index in [1.807, 2.05) is 0 Å². The first-order chi connectivity index (χ1) is 16.2. The smallest absolute Gasteiger partial charge is 0.303 e. The molecule has 0 aliphatic carbocycles. The molecule has 2 heterocycles. The van der Waals surface area contributed by atoms with Gasteiger partial charge in [0.1, 0.15) is 6.61 Å². The standard InChI is InChI=1S/C23H25NO10/c1-12-20(31-13(2)25)21(32-14(3)26)22(33-15(4)27)23(30-12)29-11-17-10-18(24-34-17)19(28)16-8-6-5-7-9-16/h5-10,12,20-23H,11H2,1-4H3/t12-,20+,21+,22-,23+/m0/s1. The van der Waals surface area contributed by atoms with Gasteiger partial charge >= 0.3 is 17.9 Å². The lowest BCUT2D eigenvalue weighted by atomic mass is 9.99. The molecule has 11 nitrogen and oxygen atoms in total. The molecule has 0 N–H and O–H groups in total. The summed E-state index contributed by atoms with van der Waals surface area (Å²) in [6.07, 6.45) is -5.42. The summed E-state index contributed by atoms with van der Waals surface area (Å²) in [4.78, 5) is 47.5. The zero-order valence-corrected chi connectivity index (χ0v) is 19.1. The molecule has 0 amide bonds. The Morgan fingerprint density at radius 2 is 1.47 bits per heavy atom. The molecule has 2 aromatic rings. The predicted molar refractivity (Wildman–Crippen MR) is 112 cm³/mol. The first-order valence-corrected chi connectivity index (χ1v) is 10.5. The van der Waals surface area contributed by atoms with Gasteiger partial charge in [-0.05, 0) is 6.92 Å². The van der Waals surface area contributed by atoms with Gasteiger partial charge in [-0.3, -0.25) is 19.2 Å². The predicted octanol–water partition coefficient (Wildman–Crippen LogP) is 1.96. The van der Waals surface area contributed by atoms with Crippen molar-refractivity contribution in [3.05, 3.63) is 53.4 Å². The molecule has 0 spiro atoms. The van der Waals surface area contributed by atoms with E-state index in [1.54, 1.807) is 37.3 Å². The minimum absolute atomic E-state index is 0.0898. The lowest BCUT2D eigenvalue weighted by molar-refractivity contribution is -0.304. The second kappa shape index (κ2) is 11.0. The van der Waals surface area contributed by atoms with Crippen molar-refractivity contribution < 1.29 is 47.4 Å². The molecule has 3 rings (SSSR count). The van der Waals surface area contributed by atoms with Crippen LogP contribution in [0.25, 0.3) is 0 Å². The van der Waals surface area contributed by atoms with E-state index < -0.39 is 48.6 Å². The van der Waals surface area contributed by atoms with Crippen molar-refractivity contribution in [3.8, 4) is 0 Å². The summed E-state index contributed by atoms with van der Waals surface area (Å²) < 4.78 is 32.6. The highest BCUT2D eigenvalue weighted by atomic mass is 16.7. The average Bonchev–Trinajstić information content (AvgIpc) is 3.25. The second-order valence-electron chi connectivity index (χ2n) is 7.62. The van der Waals surface area contributed by atoms with Gasteiger partial charge in [0, 0.05) is 32.4 Å². The fourth-order valence-corrected chi connectivity index (χ4v) is 3.49. The van der Waals surface area contributed by atoms with Gasteiger partial charge in [-0.1, -0.05) is 35.5 Å². The van der Waals surface area contributed by atoms with Gasteiger partial charge in [-0.2, -0.15) is 0 Å². The Kier molecular flexibility index (Phi) is 8.13. The topological polar surface area (TPSA) is 140 Å². The van der Waals surface area contributed by atoms with E-state index >= 15 is 0 Å². The molecule has 1 aliphatic heterocycles. The molecule has 1 aliphatic rings. The van der Waals surface area contributed by atoms with Crippen LogP contribution >= 0.6 is 0 Å². The van der Waals surface area contributed by atoms with Crippen LogP contribution in [0.2, 0.25) is 0 Å². The van der Waals surface area contributed by atoms with Gasteiger partial charge < -0.3 is 28.2 Å². The van der Waals surface area contributed by atoms with Crippen molar-refractivity contribution in [2.45, 2.75) is 65.0 Å². The van der Waals surface area contributed by atoms with E-state index in [-0.39, 0.29) is 23.8 Å². The Balaban J connectivity index is 1.76. The molecule has 11 heteroatoms. The Morgan fingerprint density at radius 1 is 0.882 bits per heavy atom. The van der Waals surface area contributed by atoms with Crippen LogP contribution in [0.1, 0.15) is 49.5 Å². The average molecular weight is 475 g/mol. The van der Waals surface area contributed by atoms with E-state index in [0.29, 0.717) is 5.56 Å². The molecule has 0 saturated carbocycles. The fraction of sp³-hybridized carbons (Fsp3) is 0.435. The zero-order valence-electron chi connectivity index (χ0n) is 19.1. The van der Waals surface area contributed by atoms with E-state index in [4.69, 9.17) is 28.2 Å². The van der Waals surface area contributed by atoms with Gasteiger partial charge in [0.15, 0.2) is 36.1 Å². The van der Waals surface area contributed by atoms with Crippen molar-refractivity contribution in [1.29, 1.82) is 0 Å². The van der Waals surface area contributed by atoms with Crippen molar-refractivity contribution in [1.82, 2.24) is 5.16 Å². The normalized spacial score (nSPS) is 24.2. The van der Waals surface area contributed by atoms with Crippen molar-refractivity contribution >= 4 is 23.7 Å². The minimum Gasteiger partial charge on any atom is -0.456 e. The number of esters is 3. The Bertz CT molecular complexity index is 1030. The first-order valence-electron chi connectivity index (χ1n) is 10.5. The molecule has 182 valence electrons. The molecular weight excluding hydrogens is 450 g/mol. The number of aromatic nitrogens is 1. The van der Waals surface area contributed by atoms with Crippen LogP contribution < -0.4 is 0 Å². The lowest BCUT2D eigenvalue weighted by Gasteiger charge is -2.43. The van der Waals surface area contributed by atoms with Crippen LogP contribution in [0, 0.1) is 0 Å². The quantitative estimate of drug-likeness (QED) is 0.314. The molecule has 5 atom stereocenters. The third-order valence-electron chi connectivity index (χ3n) is 4.85. The maximum absolute atomic E-state index is 12.5. The first kappa shape index (κ1) is 25.1.